The number of hydrogen-bond donors (Lipinski definition) is 0. The van der Waals surface area contributed by atoms with Gasteiger partial charge in [-0.05, 0) is 23.6 Å². The third kappa shape index (κ3) is 3.64. The molecule has 0 saturated carbocycles. The first-order valence-corrected chi connectivity index (χ1v) is 9.41. The van der Waals surface area contributed by atoms with Crippen molar-refractivity contribution in [3.8, 4) is 10.6 Å². The third-order valence-electron chi connectivity index (χ3n) is 2.72. The molecule has 0 fully saturated rings. The summed E-state index contributed by atoms with van der Waals surface area (Å²) in [5, 5.41) is 6.09. The Balaban J connectivity index is 1.60. The Hall–Kier alpha value is -0.810. The molecule has 2 heterocycles. The molecule has 0 atom stereocenters. The normalized spacial score (nSPS) is 10.8. The standard InChI is InChI=1S/C15H12ClNS3/c16-12-5-3-11(4-6-12)15-17-13(9-20-15)8-18-10-14-2-1-7-19-14/h1-7,9H,8,10H2. The maximum absolute atomic E-state index is 5.90. The fourth-order valence-corrected chi connectivity index (χ4v) is 4.57. The van der Waals surface area contributed by atoms with Crippen LogP contribution in [0.25, 0.3) is 10.6 Å². The van der Waals surface area contributed by atoms with E-state index in [1.54, 1.807) is 11.3 Å². The highest BCUT2D eigenvalue weighted by molar-refractivity contribution is 7.97. The van der Waals surface area contributed by atoms with Crippen LogP contribution in [0.5, 0.6) is 0 Å². The van der Waals surface area contributed by atoms with Gasteiger partial charge in [-0.1, -0.05) is 29.8 Å². The fourth-order valence-electron chi connectivity index (χ4n) is 1.75. The van der Waals surface area contributed by atoms with Gasteiger partial charge in [0.25, 0.3) is 0 Å². The quantitative estimate of drug-likeness (QED) is 0.569. The van der Waals surface area contributed by atoms with Crippen molar-refractivity contribution < 1.29 is 0 Å². The van der Waals surface area contributed by atoms with Gasteiger partial charge in [0.05, 0.1) is 5.69 Å². The van der Waals surface area contributed by atoms with Gasteiger partial charge in [0.1, 0.15) is 5.01 Å². The highest BCUT2D eigenvalue weighted by Gasteiger charge is 2.05. The highest BCUT2D eigenvalue weighted by atomic mass is 35.5. The first-order chi connectivity index (χ1) is 9.81. The summed E-state index contributed by atoms with van der Waals surface area (Å²) in [6.45, 7) is 0. The molecule has 0 aliphatic heterocycles. The van der Waals surface area contributed by atoms with Gasteiger partial charge >= 0.3 is 0 Å². The molecule has 0 aliphatic rings. The number of halogens is 1. The van der Waals surface area contributed by atoms with Crippen LogP contribution in [-0.2, 0) is 11.5 Å². The first kappa shape index (κ1) is 14.1. The predicted molar refractivity (Wildman–Crippen MR) is 91.9 cm³/mol. The number of thioether (sulfide) groups is 1. The number of rotatable bonds is 5. The second kappa shape index (κ2) is 6.76. The Bertz CT molecular complexity index is 659. The molecule has 0 bridgehead atoms. The molecule has 0 unspecified atom stereocenters. The van der Waals surface area contributed by atoms with E-state index in [9.17, 15) is 0 Å². The first-order valence-electron chi connectivity index (χ1n) is 6.12. The zero-order chi connectivity index (χ0) is 13.8. The molecule has 20 heavy (non-hydrogen) atoms. The number of thiophene rings is 1. The molecular formula is C15H12ClNS3. The highest BCUT2D eigenvalue weighted by Crippen LogP contribution is 2.27. The molecule has 0 amide bonds. The SMILES string of the molecule is Clc1ccc(-c2nc(CSCc3cccs3)cs2)cc1. The van der Waals surface area contributed by atoms with Crippen LogP contribution in [0.15, 0.2) is 47.2 Å². The van der Waals surface area contributed by atoms with Crippen molar-refractivity contribution in [1.29, 1.82) is 0 Å². The Morgan fingerprint density at radius 1 is 1.05 bits per heavy atom. The van der Waals surface area contributed by atoms with Crippen molar-refractivity contribution in [2.24, 2.45) is 0 Å². The van der Waals surface area contributed by atoms with Crippen LogP contribution in [0, 0.1) is 0 Å². The van der Waals surface area contributed by atoms with E-state index in [2.05, 4.69) is 27.9 Å². The topological polar surface area (TPSA) is 12.9 Å². The summed E-state index contributed by atoms with van der Waals surface area (Å²) in [7, 11) is 0. The lowest BCUT2D eigenvalue weighted by molar-refractivity contribution is 1.23. The van der Waals surface area contributed by atoms with Crippen LogP contribution in [0.3, 0.4) is 0 Å². The molecule has 102 valence electrons. The molecule has 3 aromatic rings. The lowest BCUT2D eigenvalue weighted by atomic mass is 10.2. The second-order valence-corrected chi connectivity index (χ2v) is 7.54. The van der Waals surface area contributed by atoms with E-state index < -0.39 is 0 Å². The molecular weight excluding hydrogens is 326 g/mol. The van der Waals surface area contributed by atoms with E-state index in [0.29, 0.717) is 0 Å². The zero-order valence-corrected chi connectivity index (χ0v) is 13.8. The van der Waals surface area contributed by atoms with E-state index in [1.165, 1.54) is 4.88 Å². The number of thiazole rings is 1. The minimum absolute atomic E-state index is 0.761. The van der Waals surface area contributed by atoms with E-state index in [0.717, 1.165) is 32.8 Å². The zero-order valence-electron chi connectivity index (χ0n) is 10.6. The van der Waals surface area contributed by atoms with E-state index >= 15 is 0 Å². The number of benzene rings is 1. The average Bonchev–Trinajstić information content (AvgIpc) is 3.11. The fraction of sp³-hybridized carbons (Fsp3) is 0.133. The molecule has 2 aromatic heterocycles. The lowest BCUT2D eigenvalue weighted by Crippen LogP contribution is -1.82. The van der Waals surface area contributed by atoms with Crippen LogP contribution in [0.4, 0.5) is 0 Å². The van der Waals surface area contributed by atoms with Crippen molar-refractivity contribution in [1.82, 2.24) is 4.98 Å². The molecule has 0 spiro atoms. The Morgan fingerprint density at radius 3 is 2.65 bits per heavy atom. The summed E-state index contributed by atoms with van der Waals surface area (Å²) in [6, 6.07) is 12.1. The maximum Gasteiger partial charge on any atom is 0.123 e. The smallest absolute Gasteiger partial charge is 0.123 e. The van der Waals surface area contributed by atoms with Gasteiger partial charge in [-0.15, -0.1) is 34.4 Å². The molecule has 0 radical (unpaired) electrons. The Morgan fingerprint density at radius 2 is 1.90 bits per heavy atom. The minimum Gasteiger partial charge on any atom is -0.240 e. The van der Waals surface area contributed by atoms with Crippen molar-refractivity contribution >= 4 is 46.0 Å². The minimum atomic E-state index is 0.761. The summed E-state index contributed by atoms with van der Waals surface area (Å²) in [5.41, 5.74) is 2.29. The van der Waals surface area contributed by atoms with Crippen LogP contribution in [0.2, 0.25) is 5.02 Å². The predicted octanol–water partition coefficient (Wildman–Crippen LogP) is 5.96. The molecule has 0 saturated heterocycles. The molecule has 0 aliphatic carbocycles. The monoisotopic (exact) mass is 337 g/mol. The second-order valence-electron chi connectivity index (χ2n) is 4.22. The van der Waals surface area contributed by atoms with Crippen molar-refractivity contribution in [2.45, 2.75) is 11.5 Å². The van der Waals surface area contributed by atoms with Crippen LogP contribution in [0.1, 0.15) is 10.6 Å². The summed E-state index contributed by atoms with van der Waals surface area (Å²) in [5.74, 6) is 2.02. The summed E-state index contributed by atoms with van der Waals surface area (Å²) in [6.07, 6.45) is 0. The van der Waals surface area contributed by atoms with E-state index in [4.69, 9.17) is 11.6 Å². The molecule has 0 N–H and O–H groups in total. The van der Waals surface area contributed by atoms with Gasteiger partial charge in [0.2, 0.25) is 0 Å². The average molecular weight is 338 g/mol. The number of nitrogens with zero attached hydrogens (tertiary/aromatic N) is 1. The lowest BCUT2D eigenvalue weighted by Gasteiger charge is -1.97. The van der Waals surface area contributed by atoms with Crippen molar-refractivity contribution in [2.75, 3.05) is 0 Å². The Labute approximate surface area is 135 Å². The van der Waals surface area contributed by atoms with Gasteiger partial charge in [0, 0.05) is 32.3 Å². The van der Waals surface area contributed by atoms with Crippen molar-refractivity contribution in [3.63, 3.8) is 0 Å². The van der Waals surface area contributed by atoms with E-state index in [-0.39, 0.29) is 0 Å². The molecule has 1 nitrogen and oxygen atoms in total. The maximum atomic E-state index is 5.90. The summed E-state index contributed by atoms with van der Waals surface area (Å²) in [4.78, 5) is 6.11. The van der Waals surface area contributed by atoms with Gasteiger partial charge in [-0.3, -0.25) is 0 Å². The summed E-state index contributed by atoms with van der Waals surface area (Å²) >= 11 is 11.3. The van der Waals surface area contributed by atoms with Crippen LogP contribution < -0.4 is 0 Å². The molecule has 1 aromatic carbocycles. The number of aromatic nitrogens is 1. The van der Waals surface area contributed by atoms with Gasteiger partial charge < -0.3 is 0 Å². The van der Waals surface area contributed by atoms with Gasteiger partial charge in [-0.2, -0.15) is 0 Å². The van der Waals surface area contributed by atoms with Crippen molar-refractivity contribution in [3.05, 3.63) is 62.8 Å². The molecule has 5 heteroatoms. The number of hydrogen-bond acceptors (Lipinski definition) is 4. The van der Waals surface area contributed by atoms with Crippen LogP contribution >= 0.6 is 46.0 Å². The van der Waals surface area contributed by atoms with Crippen LogP contribution in [-0.4, -0.2) is 4.98 Å². The Kier molecular flexibility index (Phi) is 4.78. The molecule has 3 rings (SSSR count). The summed E-state index contributed by atoms with van der Waals surface area (Å²) < 4.78 is 0. The van der Waals surface area contributed by atoms with Gasteiger partial charge in [0.15, 0.2) is 0 Å². The van der Waals surface area contributed by atoms with E-state index in [1.807, 2.05) is 47.4 Å². The van der Waals surface area contributed by atoms with Gasteiger partial charge in [-0.25, -0.2) is 4.98 Å². The third-order valence-corrected chi connectivity index (χ3v) is 5.98. The largest absolute Gasteiger partial charge is 0.240 e.